The van der Waals surface area contributed by atoms with Crippen molar-refractivity contribution in [2.45, 2.75) is 43.1 Å². The Hall–Kier alpha value is -2.45. The molecule has 1 aromatic heterocycles. The number of nitrogens with zero attached hydrogens (tertiary/aromatic N) is 1. The molecule has 32 heavy (non-hydrogen) atoms. The summed E-state index contributed by atoms with van der Waals surface area (Å²) in [5.74, 6) is -0.863. The van der Waals surface area contributed by atoms with Gasteiger partial charge in [-0.15, -0.1) is 0 Å². The van der Waals surface area contributed by atoms with Crippen LogP contribution in [0.4, 0.5) is 26.3 Å². The zero-order valence-corrected chi connectivity index (χ0v) is 15.9. The summed E-state index contributed by atoms with van der Waals surface area (Å²) in [5, 5.41) is 38.7. The van der Waals surface area contributed by atoms with Gasteiger partial charge in [-0.25, -0.2) is 0 Å². The summed E-state index contributed by atoms with van der Waals surface area (Å²) in [6.07, 6.45) is -17.8. The van der Waals surface area contributed by atoms with Gasteiger partial charge in [-0.05, 0) is 30.3 Å². The van der Waals surface area contributed by atoms with Crippen molar-refractivity contribution in [1.82, 2.24) is 4.98 Å². The van der Waals surface area contributed by atoms with Crippen LogP contribution in [-0.2, 0) is 17.1 Å². The van der Waals surface area contributed by atoms with Crippen molar-refractivity contribution in [3.8, 4) is 17.0 Å². The van der Waals surface area contributed by atoms with Gasteiger partial charge < -0.3 is 29.9 Å². The molecule has 0 saturated carbocycles. The van der Waals surface area contributed by atoms with Crippen molar-refractivity contribution in [3.63, 3.8) is 0 Å². The van der Waals surface area contributed by atoms with Gasteiger partial charge in [0.15, 0.2) is 0 Å². The van der Waals surface area contributed by atoms with Crippen LogP contribution in [0.2, 0.25) is 0 Å². The molecule has 2 heterocycles. The predicted octanol–water partition coefficient (Wildman–Crippen LogP) is 1.96. The lowest BCUT2D eigenvalue weighted by Crippen LogP contribution is -2.60. The fraction of sp³-hybridized carbons (Fsp3) is 0.421. The predicted molar refractivity (Wildman–Crippen MR) is 94.1 cm³/mol. The number of hydrogen-bond acceptors (Lipinski definition) is 7. The number of halogens is 6. The van der Waals surface area contributed by atoms with Gasteiger partial charge in [0, 0.05) is 11.8 Å². The smallest absolute Gasteiger partial charge is 0.419 e. The van der Waals surface area contributed by atoms with Crippen molar-refractivity contribution in [2.24, 2.45) is 0 Å². The molecule has 7 nitrogen and oxygen atoms in total. The second-order valence-electron chi connectivity index (χ2n) is 6.95. The number of hydrogen-bond donors (Lipinski definition) is 4. The Labute approximate surface area is 176 Å². The van der Waals surface area contributed by atoms with Gasteiger partial charge in [-0.1, -0.05) is 0 Å². The second-order valence-corrected chi connectivity index (χ2v) is 6.95. The molecule has 5 atom stereocenters. The maximum atomic E-state index is 13.6. The summed E-state index contributed by atoms with van der Waals surface area (Å²) < 4.78 is 89.7. The third-order valence-electron chi connectivity index (χ3n) is 4.76. The van der Waals surface area contributed by atoms with Crippen LogP contribution in [0, 0.1) is 0 Å². The summed E-state index contributed by atoms with van der Waals surface area (Å²) in [5.41, 5.74) is -3.17. The van der Waals surface area contributed by atoms with Crippen molar-refractivity contribution in [1.29, 1.82) is 0 Å². The van der Waals surface area contributed by atoms with Crippen LogP contribution >= 0.6 is 0 Å². The van der Waals surface area contributed by atoms with E-state index in [0.29, 0.717) is 18.2 Å². The van der Waals surface area contributed by atoms with Crippen LogP contribution in [0.5, 0.6) is 5.75 Å². The van der Waals surface area contributed by atoms with Crippen LogP contribution in [-0.4, -0.2) is 62.7 Å². The quantitative estimate of drug-likeness (QED) is 0.507. The molecule has 1 aromatic carbocycles. The van der Waals surface area contributed by atoms with Crippen LogP contribution in [0.15, 0.2) is 36.5 Å². The molecule has 1 aliphatic heterocycles. The van der Waals surface area contributed by atoms with Crippen LogP contribution in [0.1, 0.15) is 11.1 Å². The minimum atomic E-state index is -5.03. The molecule has 0 spiro atoms. The molecule has 176 valence electrons. The standard InChI is InChI=1S/C19H17F6NO6/c20-18(21,22)9-3-4-26-11(6-9)8-1-2-12(10(5-8)19(23,24)25)31-17-16(30)15(29)14(28)13(7-27)32-17/h1-6,13-17,27-30H,7H2/t13-,14-,15+,16+,17+/m1/s1. The highest BCUT2D eigenvalue weighted by Crippen LogP contribution is 2.40. The summed E-state index contributed by atoms with van der Waals surface area (Å²) in [6.45, 7) is -0.822. The van der Waals surface area contributed by atoms with Crippen molar-refractivity contribution < 1.29 is 56.2 Å². The van der Waals surface area contributed by atoms with Crippen molar-refractivity contribution in [2.75, 3.05) is 6.61 Å². The number of pyridine rings is 1. The Bertz CT molecular complexity index is 951. The lowest BCUT2D eigenvalue weighted by Gasteiger charge is -2.39. The van der Waals surface area contributed by atoms with Gasteiger partial charge in [-0.2, -0.15) is 26.3 Å². The molecule has 1 aliphatic rings. The number of rotatable bonds is 4. The largest absolute Gasteiger partial charge is 0.461 e. The number of benzene rings is 1. The number of aromatic nitrogens is 1. The molecule has 4 N–H and O–H groups in total. The van der Waals surface area contributed by atoms with Crippen molar-refractivity contribution >= 4 is 0 Å². The Balaban J connectivity index is 1.97. The topological polar surface area (TPSA) is 112 Å². The molecule has 3 rings (SSSR count). The van der Waals surface area contributed by atoms with Crippen LogP contribution in [0.25, 0.3) is 11.3 Å². The van der Waals surface area contributed by atoms with Gasteiger partial charge in [0.05, 0.1) is 23.4 Å². The molecule has 0 amide bonds. The molecular weight excluding hydrogens is 452 g/mol. The van der Waals surface area contributed by atoms with Gasteiger partial charge in [0.2, 0.25) is 6.29 Å². The van der Waals surface area contributed by atoms with Gasteiger partial charge in [0.25, 0.3) is 0 Å². The van der Waals surface area contributed by atoms with E-state index in [2.05, 4.69) is 4.98 Å². The average molecular weight is 469 g/mol. The van der Waals surface area contributed by atoms with Crippen molar-refractivity contribution in [3.05, 3.63) is 47.7 Å². The normalized spacial score (nSPS) is 26.8. The first-order chi connectivity index (χ1) is 14.8. The van der Waals surface area contributed by atoms with E-state index < -0.39 is 66.5 Å². The molecule has 2 aromatic rings. The molecular formula is C19H17F6NO6. The maximum Gasteiger partial charge on any atom is 0.419 e. The average Bonchev–Trinajstić information content (AvgIpc) is 2.73. The van der Waals surface area contributed by atoms with Crippen LogP contribution < -0.4 is 4.74 Å². The monoisotopic (exact) mass is 469 g/mol. The summed E-state index contributed by atoms with van der Waals surface area (Å²) >= 11 is 0. The third kappa shape index (κ3) is 4.96. The molecule has 13 heteroatoms. The summed E-state index contributed by atoms with van der Waals surface area (Å²) in [6, 6.07) is 3.60. The van der Waals surface area contributed by atoms with E-state index in [-0.39, 0.29) is 11.3 Å². The SMILES string of the molecule is OC[C@H]1O[C@H](Oc2ccc(-c3cc(C(F)(F)F)ccn3)cc2C(F)(F)F)[C@@H](O)[C@@H](O)[C@@H]1O. The molecule has 0 radical (unpaired) electrons. The van der Waals surface area contributed by atoms with Crippen LogP contribution in [0.3, 0.4) is 0 Å². The Morgan fingerprint density at radius 1 is 0.906 bits per heavy atom. The number of aliphatic hydroxyl groups excluding tert-OH is 4. The minimum Gasteiger partial charge on any atom is -0.461 e. The summed E-state index contributed by atoms with van der Waals surface area (Å²) in [4.78, 5) is 3.68. The number of alkyl halides is 6. The Morgan fingerprint density at radius 2 is 1.59 bits per heavy atom. The molecule has 0 unspecified atom stereocenters. The first kappa shape index (κ1) is 24.2. The van der Waals surface area contributed by atoms with E-state index >= 15 is 0 Å². The lowest BCUT2D eigenvalue weighted by molar-refractivity contribution is -0.278. The Kier molecular flexibility index (Phi) is 6.67. The first-order valence-corrected chi connectivity index (χ1v) is 9.05. The fourth-order valence-electron chi connectivity index (χ4n) is 3.07. The van der Waals surface area contributed by atoms with E-state index in [0.717, 1.165) is 18.3 Å². The highest BCUT2D eigenvalue weighted by atomic mass is 19.4. The lowest BCUT2D eigenvalue weighted by atomic mass is 9.99. The van der Waals surface area contributed by atoms with Gasteiger partial charge >= 0.3 is 12.4 Å². The number of aliphatic hydroxyl groups is 4. The second kappa shape index (κ2) is 8.83. The van der Waals surface area contributed by atoms with E-state index in [9.17, 15) is 46.8 Å². The zero-order chi connectivity index (χ0) is 23.8. The molecule has 0 bridgehead atoms. The third-order valence-corrected chi connectivity index (χ3v) is 4.76. The zero-order valence-electron chi connectivity index (χ0n) is 15.9. The van der Waals surface area contributed by atoms with E-state index in [1.165, 1.54) is 0 Å². The fourth-order valence-corrected chi connectivity index (χ4v) is 3.07. The van der Waals surface area contributed by atoms with E-state index in [4.69, 9.17) is 9.47 Å². The molecule has 1 fully saturated rings. The first-order valence-electron chi connectivity index (χ1n) is 9.05. The van der Waals surface area contributed by atoms with E-state index in [1.807, 2.05) is 0 Å². The molecule has 1 saturated heterocycles. The highest BCUT2D eigenvalue weighted by Gasteiger charge is 2.46. The highest BCUT2D eigenvalue weighted by molar-refractivity contribution is 5.63. The Morgan fingerprint density at radius 3 is 2.19 bits per heavy atom. The van der Waals surface area contributed by atoms with Gasteiger partial charge in [0.1, 0.15) is 30.2 Å². The van der Waals surface area contributed by atoms with Gasteiger partial charge in [-0.3, -0.25) is 4.98 Å². The summed E-state index contributed by atoms with van der Waals surface area (Å²) in [7, 11) is 0. The minimum absolute atomic E-state index is 0.287. The number of ether oxygens (including phenoxy) is 2. The maximum absolute atomic E-state index is 13.6. The van der Waals surface area contributed by atoms with E-state index in [1.54, 1.807) is 0 Å². The molecule has 0 aliphatic carbocycles.